The molecular weight excluding hydrogens is 296 g/mol. The molecule has 0 saturated heterocycles. The number of fused-ring (bicyclic) bond motifs is 1. The number of ether oxygens (including phenoxy) is 2. The minimum absolute atomic E-state index is 0.255. The molecule has 0 fully saturated rings. The molecule has 1 aromatic carbocycles. The van der Waals surface area contributed by atoms with Crippen LogP contribution < -0.4 is 10.1 Å². The molecule has 2 aromatic rings. The maximum atomic E-state index is 12.3. The van der Waals surface area contributed by atoms with Crippen molar-refractivity contribution >= 4 is 11.9 Å². The fourth-order valence-corrected chi connectivity index (χ4v) is 2.52. The van der Waals surface area contributed by atoms with Gasteiger partial charge in [-0.2, -0.15) is 0 Å². The zero-order chi connectivity index (χ0) is 16.2. The Labute approximate surface area is 133 Å². The third-order valence-corrected chi connectivity index (χ3v) is 3.68. The first-order valence-electron chi connectivity index (χ1n) is 7.23. The predicted octanol–water partition coefficient (Wildman–Crippen LogP) is 1.49. The fourth-order valence-electron chi connectivity index (χ4n) is 2.52. The van der Waals surface area contributed by atoms with E-state index < -0.39 is 12.1 Å². The lowest BCUT2D eigenvalue weighted by molar-refractivity contribution is -0.130. The van der Waals surface area contributed by atoms with Gasteiger partial charge in [-0.1, -0.05) is 24.3 Å². The van der Waals surface area contributed by atoms with Crippen LogP contribution in [-0.4, -0.2) is 30.1 Å². The average Bonchev–Trinajstić information content (AvgIpc) is 2.59. The van der Waals surface area contributed by atoms with Crippen LogP contribution in [0.3, 0.4) is 0 Å². The number of nitrogens with zero attached hydrogens (tertiary/aromatic N) is 1. The smallest absolute Gasteiger partial charge is 0.339 e. The maximum absolute atomic E-state index is 12.3. The fraction of sp³-hybridized carbons (Fsp3) is 0.235. The van der Waals surface area contributed by atoms with Crippen molar-refractivity contribution in [2.75, 3.05) is 7.11 Å². The van der Waals surface area contributed by atoms with Gasteiger partial charge in [0.05, 0.1) is 12.7 Å². The minimum atomic E-state index is -0.819. The number of pyridine rings is 1. The topological polar surface area (TPSA) is 77.5 Å². The maximum Gasteiger partial charge on any atom is 0.339 e. The van der Waals surface area contributed by atoms with Crippen LogP contribution in [0.2, 0.25) is 0 Å². The van der Waals surface area contributed by atoms with Gasteiger partial charge in [-0.25, -0.2) is 9.78 Å². The van der Waals surface area contributed by atoms with E-state index in [2.05, 4.69) is 10.3 Å². The van der Waals surface area contributed by atoms with Crippen LogP contribution in [0.15, 0.2) is 42.6 Å². The Bertz CT molecular complexity index is 745. The number of cyclic esters (lactones) is 1. The molecule has 0 aliphatic carbocycles. The lowest BCUT2D eigenvalue weighted by Gasteiger charge is -2.23. The number of carbonyl (C=O) groups excluding carboxylic acids is 2. The van der Waals surface area contributed by atoms with Crippen LogP contribution in [0.4, 0.5) is 0 Å². The third-order valence-electron chi connectivity index (χ3n) is 3.68. The highest BCUT2D eigenvalue weighted by atomic mass is 16.5. The molecule has 0 saturated carbocycles. The summed E-state index contributed by atoms with van der Waals surface area (Å²) in [6.07, 6.45) is 1.17. The standard InChI is InChI=1S/C17H16N2O4/c1-22-16-12(6-4-8-18-16)10-19-15(20)14-9-11-5-2-3-7-13(11)17(21)23-14/h2-8,14H,9-10H2,1H3,(H,19,20)/t14-/m1/s1. The summed E-state index contributed by atoms with van der Waals surface area (Å²) in [5, 5.41) is 2.76. The van der Waals surface area contributed by atoms with E-state index in [1.165, 1.54) is 7.11 Å². The second-order valence-electron chi connectivity index (χ2n) is 5.14. The van der Waals surface area contributed by atoms with Crippen LogP contribution >= 0.6 is 0 Å². The average molecular weight is 312 g/mol. The monoisotopic (exact) mass is 312 g/mol. The summed E-state index contributed by atoms with van der Waals surface area (Å²) in [5.74, 6) is -0.344. The van der Waals surface area contributed by atoms with Gasteiger partial charge in [-0.15, -0.1) is 0 Å². The molecule has 0 spiro atoms. The molecule has 0 bridgehead atoms. The molecule has 1 aromatic heterocycles. The molecule has 6 heteroatoms. The summed E-state index contributed by atoms with van der Waals surface area (Å²) in [5.41, 5.74) is 2.10. The van der Waals surface area contributed by atoms with Crippen molar-refractivity contribution in [3.05, 3.63) is 59.3 Å². The number of aromatic nitrogens is 1. The van der Waals surface area contributed by atoms with Gasteiger partial charge in [-0.3, -0.25) is 4.79 Å². The molecule has 118 valence electrons. The van der Waals surface area contributed by atoms with Crippen LogP contribution in [0.5, 0.6) is 5.88 Å². The van der Waals surface area contributed by atoms with E-state index in [-0.39, 0.29) is 12.5 Å². The number of methoxy groups -OCH3 is 1. The predicted molar refractivity (Wildman–Crippen MR) is 82.0 cm³/mol. The summed E-state index contributed by atoms with van der Waals surface area (Å²) in [6, 6.07) is 10.7. The third kappa shape index (κ3) is 3.15. The first-order valence-corrected chi connectivity index (χ1v) is 7.23. The molecule has 1 aliphatic rings. The van der Waals surface area contributed by atoms with Gasteiger partial charge in [-0.05, 0) is 17.7 Å². The summed E-state index contributed by atoms with van der Waals surface area (Å²) in [6.45, 7) is 0.255. The first kappa shape index (κ1) is 15.0. The van der Waals surface area contributed by atoms with E-state index >= 15 is 0 Å². The number of hydrogen-bond acceptors (Lipinski definition) is 5. The molecule has 23 heavy (non-hydrogen) atoms. The Morgan fingerprint density at radius 3 is 3.00 bits per heavy atom. The molecule has 6 nitrogen and oxygen atoms in total. The lowest BCUT2D eigenvalue weighted by Crippen LogP contribution is -2.41. The van der Waals surface area contributed by atoms with Crippen LogP contribution in [-0.2, 0) is 22.5 Å². The molecular formula is C17H16N2O4. The highest BCUT2D eigenvalue weighted by molar-refractivity contribution is 5.95. The molecule has 1 atom stereocenters. The van der Waals surface area contributed by atoms with Gasteiger partial charge in [0.2, 0.25) is 5.88 Å². The van der Waals surface area contributed by atoms with E-state index in [1.54, 1.807) is 24.4 Å². The zero-order valence-corrected chi connectivity index (χ0v) is 12.6. The van der Waals surface area contributed by atoms with Crippen molar-refractivity contribution in [3.8, 4) is 5.88 Å². The Morgan fingerprint density at radius 1 is 1.35 bits per heavy atom. The number of benzene rings is 1. The van der Waals surface area contributed by atoms with Gasteiger partial charge >= 0.3 is 5.97 Å². The number of rotatable bonds is 4. The minimum Gasteiger partial charge on any atom is -0.481 e. The van der Waals surface area contributed by atoms with E-state index in [0.717, 1.165) is 11.1 Å². The quantitative estimate of drug-likeness (QED) is 0.866. The number of hydrogen-bond donors (Lipinski definition) is 1. The van der Waals surface area contributed by atoms with Gasteiger partial charge < -0.3 is 14.8 Å². The summed E-state index contributed by atoms with van der Waals surface area (Å²) < 4.78 is 10.4. The van der Waals surface area contributed by atoms with Crippen molar-refractivity contribution < 1.29 is 19.1 Å². The van der Waals surface area contributed by atoms with Crippen molar-refractivity contribution in [2.45, 2.75) is 19.1 Å². The number of carbonyl (C=O) groups is 2. The molecule has 0 unspecified atom stereocenters. The second kappa shape index (κ2) is 6.48. The SMILES string of the molecule is COc1ncccc1CNC(=O)[C@H]1Cc2ccccc2C(=O)O1. The zero-order valence-electron chi connectivity index (χ0n) is 12.6. The highest BCUT2D eigenvalue weighted by Gasteiger charge is 2.30. The Hall–Kier alpha value is -2.89. The molecule has 1 N–H and O–H groups in total. The Kier molecular flexibility index (Phi) is 4.23. The molecule has 1 aliphatic heterocycles. The molecule has 2 heterocycles. The van der Waals surface area contributed by atoms with Crippen LogP contribution in [0.1, 0.15) is 21.5 Å². The second-order valence-corrected chi connectivity index (χ2v) is 5.14. The van der Waals surface area contributed by atoms with Crippen LogP contribution in [0.25, 0.3) is 0 Å². The Morgan fingerprint density at radius 2 is 2.17 bits per heavy atom. The van der Waals surface area contributed by atoms with Crippen LogP contribution in [0, 0.1) is 0 Å². The van der Waals surface area contributed by atoms with Crippen molar-refractivity contribution in [3.63, 3.8) is 0 Å². The largest absolute Gasteiger partial charge is 0.481 e. The lowest BCUT2D eigenvalue weighted by atomic mass is 9.98. The molecule has 0 radical (unpaired) electrons. The van der Waals surface area contributed by atoms with Gasteiger partial charge in [0, 0.05) is 24.7 Å². The summed E-state index contributed by atoms with van der Waals surface area (Å²) >= 11 is 0. The van der Waals surface area contributed by atoms with Gasteiger partial charge in [0.25, 0.3) is 5.91 Å². The van der Waals surface area contributed by atoms with E-state index in [4.69, 9.17) is 9.47 Å². The summed E-state index contributed by atoms with van der Waals surface area (Å²) in [4.78, 5) is 28.3. The van der Waals surface area contributed by atoms with Gasteiger partial charge in [0.1, 0.15) is 0 Å². The van der Waals surface area contributed by atoms with E-state index in [1.807, 2.05) is 18.2 Å². The Balaban J connectivity index is 1.67. The molecule has 1 amide bonds. The van der Waals surface area contributed by atoms with E-state index in [9.17, 15) is 9.59 Å². The normalized spacial score (nSPS) is 16.2. The van der Waals surface area contributed by atoms with Gasteiger partial charge in [0.15, 0.2) is 6.10 Å². The van der Waals surface area contributed by atoms with Crippen molar-refractivity contribution in [1.82, 2.24) is 10.3 Å². The number of esters is 1. The highest BCUT2D eigenvalue weighted by Crippen LogP contribution is 2.21. The molecule has 3 rings (SSSR count). The number of nitrogens with one attached hydrogen (secondary N) is 1. The van der Waals surface area contributed by atoms with Crippen molar-refractivity contribution in [2.24, 2.45) is 0 Å². The summed E-state index contributed by atoms with van der Waals surface area (Å²) in [7, 11) is 1.52. The number of amides is 1. The van der Waals surface area contributed by atoms with E-state index in [0.29, 0.717) is 17.9 Å². The first-order chi connectivity index (χ1) is 11.2. The van der Waals surface area contributed by atoms with Crippen molar-refractivity contribution in [1.29, 1.82) is 0 Å².